The van der Waals surface area contributed by atoms with E-state index in [1.807, 2.05) is 26.0 Å². The second-order valence-corrected chi connectivity index (χ2v) is 6.63. The molecule has 0 aliphatic carbocycles. The molecule has 1 unspecified atom stereocenters. The molecule has 1 amide bonds. The lowest BCUT2D eigenvalue weighted by Gasteiger charge is -2.22. The van der Waals surface area contributed by atoms with E-state index in [1.54, 1.807) is 6.07 Å². The van der Waals surface area contributed by atoms with Crippen LogP contribution in [0.4, 0.5) is 0 Å². The highest BCUT2D eigenvalue weighted by atomic mass is 16.5. The number of aryl methyl sites for hydroxylation is 2. The maximum Gasteiger partial charge on any atom is 0.330 e. The molecule has 1 aliphatic heterocycles. The molecule has 24 heavy (non-hydrogen) atoms. The number of hydrogen-bond donors (Lipinski definition) is 2. The van der Waals surface area contributed by atoms with Crippen LogP contribution in [0.25, 0.3) is 0 Å². The first-order chi connectivity index (χ1) is 11.5. The summed E-state index contributed by atoms with van der Waals surface area (Å²) in [5, 5.41) is 12.1. The number of amides is 1. The fraction of sp³-hybridized carbons (Fsp3) is 0.579. The van der Waals surface area contributed by atoms with Gasteiger partial charge in [-0.25, -0.2) is 4.79 Å². The van der Waals surface area contributed by atoms with Gasteiger partial charge in [0.25, 0.3) is 0 Å². The minimum Gasteiger partial charge on any atom is -0.479 e. The van der Waals surface area contributed by atoms with Crippen molar-refractivity contribution in [3.05, 3.63) is 34.9 Å². The van der Waals surface area contributed by atoms with Gasteiger partial charge >= 0.3 is 5.97 Å². The number of aliphatic carboxylic acids is 1. The predicted molar refractivity (Wildman–Crippen MR) is 91.8 cm³/mol. The Morgan fingerprint density at radius 3 is 2.58 bits per heavy atom. The smallest absolute Gasteiger partial charge is 0.330 e. The van der Waals surface area contributed by atoms with Crippen LogP contribution >= 0.6 is 0 Å². The molecule has 1 atom stereocenters. The average molecular weight is 333 g/mol. The molecule has 132 valence electrons. The van der Waals surface area contributed by atoms with Crippen molar-refractivity contribution in [3.63, 3.8) is 0 Å². The Morgan fingerprint density at radius 2 is 1.96 bits per heavy atom. The van der Waals surface area contributed by atoms with Gasteiger partial charge < -0.3 is 15.2 Å². The number of rotatable bonds is 7. The summed E-state index contributed by atoms with van der Waals surface area (Å²) in [6.07, 6.45) is 4.27. The Kier molecular flexibility index (Phi) is 6.79. The van der Waals surface area contributed by atoms with Gasteiger partial charge in [0.05, 0.1) is 0 Å². The van der Waals surface area contributed by atoms with E-state index in [-0.39, 0.29) is 5.91 Å². The van der Waals surface area contributed by atoms with Crippen LogP contribution in [0.2, 0.25) is 0 Å². The molecule has 2 N–H and O–H groups in total. The zero-order chi connectivity index (χ0) is 17.5. The highest BCUT2D eigenvalue weighted by molar-refractivity contribution is 5.84. The van der Waals surface area contributed by atoms with Crippen LogP contribution in [-0.4, -0.2) is 30.2 Å². The summed E-state index contributed by atoms with van der Waals surface area (Å²) in [7, 11) is 0. The van der Waals surface area contributed by atoms with Gasteiger partial charge in [-0.15, -0.1) is 0 Å². The summed E-state index contributed by atoms with van der Waals surface area (Å²) in [6.45, 7) is 5.53. The van der Waals surface area contributed by atoms with Crippen molar-refractivity contribution in [2.75, 3.05) is 13.2 Å². The summed E-state index contributed by atoms with van der Waals surface area (Å²) in [5.41, 5.74) is 2.74. The molecule has 5 nitrogen and oxygen atoms in total. The van der Waals surface area contributed by atoms with Gasteiger partial charge in [0.2, 0.25) is 5.91 Å². The normalized spacial score (nSPS) is 16.6. The third kappa shape index (κ3) is 5.34. The molecule has 1 aromatic rings. The molecule has 1 aromatic carbocycles. The zero-order valence-corrected chi connectivity index (χ0v) is 14.5. The first-order valence-electron chi connectivity index (χ1n) is 8.64. The summed E-state index contributed by atoms with van der Waals surface area (Å²) in [4.78, 5) is 23.6. The van der Waals surface area contributed by atoms with Crippen LogP contribution in [0.1, 0.15) is 54.8 Å². The largest absolute Gasteiger partial charge is 0.479 e. The molecule has 0 spiro atoms. The number of nitrogens with one attached hydrogen (secondary N) is 1. The SMILES string of the molecule is Cc1ccc(C(NC(=O)CCCC2CCOCC2)C(=O)O)cc1C. The lowest BCUT2D eigenvalue weighted by molar-refractivity contribution is -0.142. The molecule has 2 rings (SSSR count). The van der Waals surface area contributed by atoms with Crippen molar-refractivity contribution in [3.8, 4) is 0 Å². The fourth-order valence-corrected chi connectivity index (χ4v) is 3.05. The number of carboxylic acids is 1. The Bertz CT molecular complexity index is 579. The molecular formula is C19H27NO4. The lowest BCUT2D eigenvalue weighted by atomic mass is 9.94. The summed E-state index contributed by atoms with van der Waals surface area (Å²) >= 11 is 0. The van der Waals surface area contributed by atoms with Crippen molar-refractivity contribution < 1.29 is 19.4 Å². The summed E-state index contributed by atoms with van der Waals surface area (Å²) < 4.78 is 5.33. The molecule has 5 heteroatoms. The number of hydrogen-bond acceptors (Lipinski definition) is 3. The van der Waals surface area contributed by atoms with Crippen LogP contribution in [-0.2, 0) is 14.3 Å². The molecule has 0 radical (unpaired) electrons. The summed E-state index contributed by atoms with van der Waals surface area (Å²) in [6, 6.07) is 4.50. The molecule has 0 bridgehead atoms. The maximum atomic E-state index is 12.1. The Morgan fingerprint density at radius 1 is 1.25 bits per heavy atom. The van der Waals surface area contributed by atoms with E-state index >= 15 is 0 Å². The van der Waals surface area contributed by atoms with Gasteiger partial charge in [-0.1, -0.05) is 18.2 Å². The number of carbonyl (C=O) groups excluding carboxylic acids is 1. The van der Waals surface area contributed by atoms with E-state index in [0.717, 1.165) is 50.0 Å². The molecule has 0 saturated carbocycles. The number of carbonyl (C=O) groups is 2. The van der Waals surface area contributed by atoms with Crippen LogP contribution in [0.15, 0.2) is 18.2 Å². The highest BCUT2D eigenvalue weighted by Gasteiger charge is 2.22. The van der Waals surface area contributed by atoms with Gasteiger partial charge in [0.15, 0.2) is 6.04 Å². The van der Waals surface area contributed by atoms with Gasteiger partial charge in [-0.3, -0.25) is 4.79 Å². The van der Waals surface area contributed by atoms with Crippen molar-refractivity contribution in [1.29, 1.82) is 0 Å². The number of ether oxygens (including phenoxy) is 1. The van der Waals surface area contributed by atoms with E-state index in [0.29, 0.717) is 17.9 Å². The fourth-order valence-electron chi connectivity index (χ4n) is 3.05. The summed E-state index contributed by atoms with van der Waals surface area (Å²) in [5.74, 6) is -0.606. The van der Waals surface area contributed by atoms with E-state index in [1.165, 1.54) is 0 Å². The lowest BCUT2D eigenvalue weighted by Crippen LogP contribution is -2.33. The first kappa shape index (κ1) is 18.5. The Hall–Kier alpha value is -1.88. The van der Waals surface area contributed by atoms with Crippen molar-refractivity contribution >= 4 is 11.9 Å². The minimum absolute atomic E-state index is 0.201. The maximum absolute atomic E-state index is 12.1. The average Bonchev–Trinajstić information content (AvgIpc) is 2.56. The van der Waals surface area contributed by atoms with Crippen LogP contribution in [0, 0.1) is 19.8 Å². The molecule has 1 saturated heterocycles. The van der Waals surface area contributed by atoms with E-state index in [9.17, 15) is 14.7 Å². The molecule has 1 fully saturated rings. The minimum atomic E-state index is -1.03. The van der Waals surface area contributed by atoms with Crippen LogP contribution in [0.3, 0.4) is 0 Å². The van der Waals surface area contributed by atoms with Gasteiger partial charge in [0, 0.05) is 19.6 Å². The third-order valence-corrected chi connectivity index (χ3v) is 4.77. The second-order valence-electron chi connectivity index (χ2n) is 6.63. The topological polar surface area (TPSA) is 75.6 Å². The molecular weight excluding hydrogens is 306 g/mol. The van der Waals surface area contributed by atoms with Crippen LogP contribution in [0.5, 0.6) is 0 Å². The van der Waals surface area contributed by atoms with Crippen molar-refractivity contribution in [2.45, 2.75) is 52.0 Å². The number of carboxylic acid groups (broad SMARTS) is 1. The zero-order valence-electron chi connectivity index (χ0n) is 14.5. The highest BCUT2D eigenvalue weighted by Crippen LogP contribution is 2.21. The third-order valence-electron chi connectivity index (χ3n) is 4.77. The Balaban J connectivity index is 1.86. The van der Waals surface area contributed by atoms with Crippen molar-refractivity contribution in [1.82, 2.24) is 5.32 Å². The van der Waals surface area contributed by atoms with Gasteiger partial charge in [0.1, 0.15) is 0 Å². The quantitative estimate of drug-likeness (QED) is 0.804. The second kappa shape index (κ2) is 8.83. The first-order valence-corrected chi connectivity index (χ1v) is 8.64. The van der Waals surface area contributed by atoms with E-state index < -0.39 is 12.0 Å². The molecule has 1 aliphatic rings. The van der Waals surface area contributed by atoms with E-state index in [4.69, 9.17) is 4.74 Å². The van der Waals surface area contributed by atoms with Crippen LogP contribution < -0.4 is 5.32 Å². The standard InChI is InChI=1S/C19H27NO4/c1-13-6-7-16(12-14(13)2)18(19(22)23)20-17(21)5-3-4-15-8-10-24-11-9-15/h6-7,12,15,18H,3-5,8-11H2,1-2H3,(H,20,21)(H,22,23). The Labute approximate surface area is 143 Å². The van der Waals surface area contributed by atoms with Gasteiger partial charge in [-0.2, -0.15) is 0 Å². The molecule has 1 heterocycles. The predicted octanol–water partition coefficient (Wildman–Crippen LogP) is 3.14. The van der Waals surface area contributed by atoms with E-state index in [2.05, 4.69) is 5.32 Å². The number of benzene rings is 1. The van der Waals surface area contributed by atoms with Crippen molar-refractivity contribution in [2.24, 2.45) is 5.92 Å². The monoisotopic (exact) mass is 333 g/mol. The van der Waals surface area contributed by atoms with Gasteiger partial charge in [-0.05, 0) is 62.1 Å². The molecule has 0 aromatic heterocycles.